The molecule has 0 saturated carbocycles. The van der Waals surface area contributed by atoms with Crippen LogP contribution in [0.3, 0.4) is 0 Å². The summed E-state index contributed by atoms with van der Waals surface area (Å²) in [6.07, 6.45) is 8.67. The van der Waals surface area contributed by atoms with E-state index in [9.17, 15) is 8.42 Å². The van der Waals surface area contributed by atoms with Crippen LogP contribution in [-0.2, 0) is 17.3 Å². The fourth-order valence-electron chi connectivity index (χ4n) is 2.88. The van der Waals surface area contributed by atoms with Crippen molar-refractivity contribution in [2.45, 2.75) is 18.8 Å². The molecule has 0 unspecified atom stereocenters. The third-order valence-electron chi connectivity index (χ3n) is 4.31. The number of aromatic nitrogens is 4. The van der Waals surface area contributed by atoms with Crippen molar-refractivity contribution < 1.29 is 8.42 Å². The summed E-state index contributed by atoms with van der Waals surface area (Å²) in [4.78, 5) is 9.01. The van der Waals surface area contributed by atoms with Gasteiger partial charge in [0.2, 0.25) is 0 Å². The molecule has 0 aromatic carbocycles. The maximum Gasteiger partial charge on any atom is 0.281 e. The van der Waals surface area contributed by atoms with E-state index in [1.54, 1.807) is 37.4 Å². The standard InChI is InChI=1S/C15H22N6O2S/c1-19(2)24(22,23)21-6-4-12(5-7-21)14-9-16-10-15(18-14)13-8-17-20(3)11-13/h8-12H,4-7H2,1-3H3. The van der Waals surface area contributed by atoms with Crippen LogP contribution in [0, 0.1) is 0 Å². The molecule has 0 amide bonds. The molecular formula is C15H22N6O2S. The Hall–Kier alpha value is -1.84. The van der Waals surface area contributed by atoms with Crippen molar-refractivity contribution in [3.63, 3.8) is 0 Å². The first kappa shape index (κ1) is 17.0. The Morgan fingerprint density at radius 2 is 1.88 bits per heavy atom. The highest BCUT2D eigenvalue weighted by Gasteiger charge is 2.30. The zero-order valence-electron chi connectivity index (χ0n) is 14.1. The van der Waals surface area contributed by atoms with Crippen LogP contribution in [0.15, 0.2) is 24.8 Å². The van der Waals surface area contributed by atoms with Crippen LogP contribution < -0.4 is 0 Å². The van der Waals surface area contributed by atoms with E-state index in [4.69, 9.17) is 4.98 Å². The molecule has 0 N–H and O–H groups in total. The van der Waals surface area contributed by atoms with Crippen molar-refractivity contribution in [2.75, 3.05) is 27.2 Å². The van der Waals surface area contributed by atoms with Gasteiger partial charge in [-0.25, -0.2) is 4.98 Å². The number of hydrogen-bond donors (Lipinski definition) is 0. The Morgan fingerprint density at radius 3 is 2.46 bits per heavy atom. The van der Waals surface area contributed by atoms with Gasteiger partial charge in [-0.05, 0) is 12.8 Å². The minimum atomic E-state index is -3.33. The predicted molar refractivity (Wildman–Crippen MR) is 90.4 cm³/mol. The Kier molecular flexibility index (Phi) is 4.66. The van der Waals surface area contributed by atoms with Gasteiger partial charge in [0.15, 0.2) is 0 Å². The highest BCUT2D eigenvalue weighted by molar-refractivity contribution is 7.86. The Balaban J connectivity index is 1.73. The average Bonchev–Trinajstić information content (AvgIpc) is 3.01. The molecule has 3 rings (SSSR count). The molecule has 2 aromatic rings. The van der Waals surface area contributed by atoms with Crippen molar-refractivity contribution >= 4 is 10.2 Å². The molecule has 130 valence electrons. The molecular weight excluding hydrogens is 328 g/mol. The van der Waals surface area contributed by atoms with Crippen molar-refractivity contribution in [3.05, 3.63) is 30.5 Å². The van der Waals surface area contributed by atoms with E-state index in [0.29, 0.717) is 13.1 Å². The fourth-order valence-corrected chi connectivity index (χ4v) is 4.02. The van der Waals surface area contributed by atoms with Crippen LogP contribution in [0.1, 0.15) is 24.5 Å². The minimum absolute atomic E-state index is 0.225. The van der Waals surface area contributed by atoms with Gasteiger partial charge in [0.25, 0.3) is 10.2 Å². The molecule has 0 atom stereocenters. The van der Waals surface area contributed by atoms with Crippen LogP contribution in [0.2, 0.25) is 0 Å². The lowest BCUT2D eigenvalue weighted by molar-refractivity contribution is 0.300. The highest BCUT2D eigenvalue weighted by atomic mass is 32.2. The summed E-state index contributed by atoms with van der Waals surface area (Å²) in [5.74, 6) is 0.225. The average molecular weight is 350 g/mol. The van der Waals surface area contributed by atoms with Gasteiger partial charge in [0, 0.05) is 58.1 Å². The van der Waals surface area contributed by atoms with Crippen LogP contribution in [0.5, 0.6) is 0 Å². The molecule has 1 fully saturated rings. The molecule has 9 heteroatoms. The number of rotatable bonds is 4. The molecule has 1 aliphatic heterocycles. The van der Waals surface area contributed by atoms with Gasteiger partial charge in [-0.3, -0.25) is 9.67 Å². The van der Waals surface area contributed by atoms with E-state index in [1.807, 2.05) is 13.2 Å². The Labute approximate surface area is 142 Å². The van der Waals surface area contributed by atoms with Gasteiger partial charge in [-0.15, -0.1) is 0 Å². The van der Waals surface area contributed by atoms with Gasteiger partial charge in [0.05, 0.1) is 23.8 Å². The lowest BCUT2D eigenvalue weighted by atomic mass is 9.95. The number of hydrogen-bond acceptors (Lipinski definition) is 5. The summed E-state index contributed by atoms with van der Waals surface area (Å²) in [6.45, 7) is 1.01. The van der Waals surface area contributed by atoms with Gasteiger partial charge < -0.3 is 0 Å². The summed E-state index contributed by atoms with van der Waals surface area (Å²) in [5, 5.41) is 4.16. The molecule has 2 aromatic heterocycles. The van der Waals surface area contributed by atoms with E-state index in [1.165, 1.54) is 8.61 Å². The topological polar surface area (TPSA) is 84.2 Å². The number of aryl methyl sites for hydroxylation is 1. The summed E-state index contributed by atoms with van der Waals surface area (Å²) >= 11 is 0. The molecule has 8 nitrogen and oxygen atoms in total. The van der Waals surface area contributed by atoms with E-state index >= 15 is 0 Å². The first-order valence-corrected chi connectivity index (χ1v) is 9.26. The lowest BCUT2D eigenvalue weighted by Gasteiger charge is -2.32. The zero-order valence-corrected chi connectivity index (χ0v) is 14.9. The molecule has 0 aliphatic carbocycles. The lowest BCUT2D eigenvalue weighted by Crippen LogP contribution is -2.44. The molecule has 0 radical (unpaired) electrons. The van der Waals surface area contributed by atoms with Crippen LogP contribution in [0.4, 0.5) is 0 Å². The van der Waals surface area contributed by atoms with Gasteiger partial charge in [-0.1, -0.05) is 0 Å². The van der Waals surface area contributed by atoms with E-state index in [0.717, 1.165) is 29.8 Å². The third kappa shape index (κ3) is 3.33. The van der Waals surface area contributed by atoms with E-state index in [2.05, 4.69) is 10.1 Å². The Morgan fingerprint density at radius 1 is 1.17 bits per heavy atom. The zero-order chi connectivity index (χ0) is 17.3. The smallest absolute Gasteiger partial charge is 0.275 e. The fraction of sp³-hybridized carbons (Fsp3) is 0.533. The summed E-state index contributed by atoms with van der Waals surface area (Å²) in [7, 11) is 1.65. The van der Waals surface area contributed by atoms with Crippen molar-refractivity contribution in [1.29, 1.82) is 0 Å². The SMILES string of the molecule is CN(C)S(=O)(=O)N1CCC(c2cncc(-c3cnn(C)c3)n2)CC1. The van der Waals surface area contributed by atoms with Gasteiger partial charge in [0.1, 0.15) is 0 Å². The number of nitrogens with zero attached hydrogens (tertiary/aromatic N) is 6. The maximum absolute atomic E-state index is 12.2. The second-order valence-corrected chi connectivity index (χ2v) is 8.34. The highest BCUT2D eigenvalue weighted by Crippen LogP contribution is 2.29. The first-order valence-electron chi connectivity index (χ1n) is 7.86. The molecule has 0 bridgehead atoms. The van der Waals surface area contributed by atoms with Gasteiger partial charge in [-0.2, -0.15) is 22.1 Å². The monoisotopic (exact) mass is 350 g/mol. The van der Waals surface area contributed by atoms with Gasteiger partial charge >= 0.3 is 0 Å². The van der Waals surface area contributed by atoms with E-state index < -0.39 is 10.2 Å². The normalized spacial score (nSPS) is 17.5. The number of piperidine rings is 1. The van der Waals surface area contributed by atoms with Crippen molar-refractivity contribution in [1.82, 2.24) is 28.4 Å². The molecule has 1 aliphatic rings. The molecule has 24 heavy (non-hydrogen) atoms. The van der Waals surface area contributed by atoms with Crippen LogP contribution in [-0.4, -0.2) is 64.0 Å². The maximum atomic E-state index is 12.2. The first-order chi connectivity index (χ1) is 11.4. The summed E-state index contributed by atoms with van der Waals surface area (Å²) < 4.78 is 28.9. The molecule has 3 heterocycles. The second-order valence-electron chi connectivity index (χ2n) is 6.20. The van der Waals surface area contributed by atoms with E-state index in [-0.39, 0.29) is 5.92 Å². The van der Waals surface area contributed by atoms with Crippen LogP contribution in [0.25, 0.3) is 11.3 Å². The predicted octanol–water partition coefficient (Wildman–Crippen LogP) is 0.863. The quantitative estimate of drug-likeness (QED) is 0.817. The second kappa shape index (κ2) is 6.58. The van der Waals surface area contributed by atoms with Crippen molar-refractivity contribution in [2.24, 2.45) is 7.05 Å². The molecule has 0 spiro atoms. The molecule has 1 saturated heterocycles. The van der Waals surface area contributed by atoms with Crippen molar-refractivity contribution in [3.8, 4) is 11.3 Å². The van der Waals surface area contributed by atoms with Crippen LogP contribution >= 0.6 is 0 Å². The minimum Gasteiger partial charge on any atom is -0.275 e. The Bertz CT molecular complexity index is 809. The summed E-state index contributed by atoms with van der Waals surface area (Å²) in [5.41, 5.74) is 2.64. The largest absolute Gasteiger partial charge is 0.281 e. The third-order valence-corrected chi connectivity index (χ3v) is 6.25. The summed E-state index contributed by atoms with van der Waals surface area (Å²) in [6, 6.07) is 0.